The van der Waals surface area contributed by atoms with Gasteiger partial charge in [0.25, 0.3) is 0 Å². The topological polar surface area (TPSA) is 54.6 Å². The summed E-state index contributed by atoms with van der Waals surface area (Å²) in [5, 5.41) is 4.78. The van der Waals surface area contributed by atoms with Crippen molar-refractivity contribution in [1.82, 2.24) is 5.43 Å². The third kappa shape index (κ3) is 3.45. The van der Waals surface area contributed by atoms with Gasteiger partial charge in [-0.15, -0.1) is 0 Å². The van der Waals surface area contributed by atoms with Gasteiger partial charge in [-0.2, -0.15) is 5.10 Å². The van der Waals surface area contributed by atoms with Gasteiger partial charge in [-0.1, -0.05) is 30.7 Å². The van der Waals surface area contributed by atoms with Crippen molar-refractivity contribution in [2.24, 2.45) is 5.10 Å². The molecule has 0 aliphatic heterocycles. The van der Waals surface area contributed by atoms with Gasteiger partial charge in [-0.3, -0.25) is 4.79 Å². The van der Waals surface area contributed by atoms with E-state index in [1.165, 1.54) is 6.26 Å². The second-order valence-corrected chi connectivity index (χ2v) is 4.27. The minimum Gasteiger partial charge on any atom is -0.459 e. The minimum atomic E-state index is -0.370. The van der Waals surface area contributed by atoms with Crippen LogP contribution < -0.4 is 5.43 Å². The average Bonchev–Trinajstić information content (AvgIpc) is 2.95. The molecule has 5 heteroatoms. The first-order chi connectivity index (χ1) is 9.20. The largest absolute Gasteiger partial charge is 0.459 e. The maximum absolute atomic E-state index is 11.7. The van der Waals surface area contributed by atoms with Crippen LogP contribution in [0.3, 0.4) is 0 Å². The number of rotatable bonds is 4. The van der Waals surface area contributed by atoms with E-state index in [4.69, 9.17) is 16.0 Å². The Morgan fingerprint density at radius 1 is 1.32 bits per heavy atom. The first kappa shape index (κ1) is 13.4. The highest BCUT2D eigenvalue weighted by Gasteiger charge is 2.08. The molecule has 0 bridgehead atoms. The second-order valence-electron chi connectivity index (χ2n) is 3.84. The summed E-state index contributed by atoms with van der Waals surface area (Å²) in [6, 6.07) is 10.5. The predicted octanol–water partition coefficient (Wildman–Crippen LogP) is 3.48. The molecular weight excluding hydrogens is 264 g/mol. The summed E-state index contributed by atoms with van der Waals surface area (Å²) in [6.45, 7) is 1.96. The molecule has 0 radical (unpaired) electrons. The number of nitrogens with one attached hydrogen (secondary N) is 1. The van der Waals surface area contributed by atoms with Gasteiger partial charge in [0.1, 0.15) is 0 Å². The predicted molar refractivity (Wildman–Crippen MR) is 74.5 cm³/mol. The lowest BCUT2D eigenvalue weighted by atomic mass is 10.1. The quantitative estimate of drug-likeness (QED) is 0.687. The summed E-state index contributed by atoms with van der Waals surface area (Å²) < 4.78 is 4.98. The molecule has 0 unspecified atom stereocenters. The van der Waals surface area contributed by atoms with E-state index in [1.54, 1.807) is 24.3 Å². The maximum atomic E-state index is 11.7. The molecule has 0 fully saturated rings. The molecule has 0 saturated heterocycles. The summed E-state index contributed by atoms with van der Waals surface area (Å²) in [4.78, 5) is 11.7. The summed E-state index contributed by atoms with van der Waals surface area (Å²) in [5.41, 5.74) is 4.17. The van der Waals surface area contributed by atoms with Crippen LogP contribution in [0.1, 0.15) is 29.5 Å². The molecule has 19 heavy (non-hydrogen) atoms. The van der Waals surface area contributed by atoms with Crippen LogP contribution in [0.15, 0.2) is 52.2 Å². The molecule has 1 N–H and O–H groups in total. The molecule has 2 rings (SSSR count). The van der Waals surface area contributed by atoms with Crippen molar-refractivity contribution < 1.29 is 9.21 Å². The third-order valence-corrected chi connectivity index (χ3v) is 2.80. The Kier molecular flexibility index (Phi) is 4.36. The van der Waals surface area contributed by atoms with E-state index < -0.39 is 0 Å². The van der Waals surface area contributed by atoms with E-state index in [-0.39, 0.29) is 11.7 Å². The number of halogens is 1. The zero-order chi connectivity index (χ0) is 13.7. The molecule has 1 heterocycles. The van der Waals surface area contributed by atoms with Crippen LogP contribution in [0.2, 0.25) is 5.02 Å². The van der Waals surface area contributed by atoms with Crippen LogP contribution in [0, 0.1) is 0 Å². The van der Waals surface area contributed by atoms with Gasteiger partial charge < -0.3 is 4.42 Å². The number of nitrogens with zero attached hydrogens (tertiary/aromatic N) is 1. The van der Waals surface area contributed by atoms with Crippen LogP contribution in [0.4, 0.5) is 0 Å². The van der Waals surface area contributed by atoms with E-state index in [0.717, 1.165) is 11.3 Å². The Bertz CT molecular complexity index is 574. The number of hydrogen-bond acceptors (Lipinski definition) is 3. The number of benzene rings is 1. The minimum absolute atomic E-state index is 0.232. The lowest BCUT2D eigenvalue weighted by molar-refractivity contribution is 0.0927. The van der Waals surface area contributed by atoms with Gasteiger partial charge in [-0.05, 0) is 36.2 Å². The number of furan rings is 1. The average molecular weight is 277 g/mol. The normalized spacial score (nSPS) is 11.4. The van der Waals surface area contributed by atoms with E-state index in [9.17, 15) is 4.79 Å². The Hall–Kier alpha value is -2.07. The molecule has 1 aromatic heterocycles. The molecule has 4 nitrogen and oxygen atoms in total. The van der Waals surface area contributed by atoms with E-state index in [1.807, 2.05) is 19.1 Å². The first-order valence-electron chi connectivity index (χ1n) is 5.87. The van der Waals surface area contributed by atoms with E-state index in [2.05, 4.69) is 10.5 Å². The molecule has 0 atom stereocenters. The summed E-state index contributed by atoms with van der Waals surface area (Å²) in [6.07, 6.45) is 2.14. The zero-order valence-corrected chi connectivity index (χ0v) is 11.1. The molecule has 1 aromatic carbocycles. The van der Waals surface area contributed by atoms with Crippen molar-refractivity contribution >= 4 is 23.2 Å². The van der Waals surface area contributed by atoms with Crippen LogP contribution >= 0.6 is 11.6 Å². The number of hydrogen-bond donors (Lipinski definition) is 1. The van der Waals surface area contributed by atoms with E-state index >= 15 is 0 Å². The van der Waals surface area contributed by atoms with Crippen molar-refractivity contribution in [3.63, 3.8) is 0 Å². The van der Waals surface area contributed by atoms with Gasteiger partial charge in [0.15, 0.2) is 5.76 Å². The maximum Gasteiger partial charge on any atom is 0.307 e. The highest BCUT2D eigenvalue weighted by Crippen LogP contribution is 2.11. The molecule has 0 saturated carbocycles. The third-order valence-electron chi connectivity index (χ3n) is 2.55. The van der Waals surface area contributed by atoms with Gasteiger partial charge in [-0.25, -0.2) is 5.43 Å². The van der Waals surface area contributed by atoms with Crippen molar-refractivity contribution in [2.45, 2.75) is 13.3 Å². The zero-order valence-electron chi connectivity index (χ0n) is 10.4. The summed E-state index contributed by atoms with van der Waals surface area (Å²) in [7, 11) is 0. The smallest absolute Gasteiger partial charge is 0.307 e. The van der Waals surface area contributed by atoms with Gasteiger partial charge >= 0.3 is 5.91 Å². The van der Waals surface area contributed by atoms with Crippen molar-refractivity contribution in [3.8, 4) is 0 Å². The van der Waals surface area contributed by atoms with Gasteiger partial charge in [0.2, 0.25) is 0 Å². The SMILES string of the molecule is CC/C(=N/NC(=O)c1ccco1)c1ccc(Cl)cc1. The monoisotopic (exact) mass is 276 g/mol. The Labute approximate surface area is 116 Å². The van der Waals surface area contributed by atoms with Crippen LogP contribution in [-0.2, 0) is 0 Å². The Morgan fingerprint density at radius 2 is 2.05 bits per heavy atom. The summed E-state index contributed by atoms with van der Waals surface area (Å²) in [5.74, 6) is -0.139. The fourth-order valence-electron chi connectivity index (χ4n) is 1.57. The Balaban J connectivity index is 2.11. The lowest BCUT2D eigenvalue weighted by Crippen LogP contribution is -2.19. The van der Waals surface area contributed by atoms with Crippen molar-refractivity contribution in [3.05, 3.63) is 59.0 Å². The highest BCUT2D eigenvalue weighted by atomic mass is 35.5. The standard InChI is InChI=1S/C14H13ClN2O2/c1-2-12(10-5-7-11(15)8-6-10)16-17-14(18)13-4-3-9-19-13/h3-9H,2H2,1H3,(H,17,18)/b16-12-. The second kappa shape index (κ2) is 6.20. The molecule has 98 valence electrons. The molecule has 2 aromatic rings. The van der Waals surface area contributed by atoms with Gasteiger partial charge in [0, 0.05) is 5.02 Å². The number of hydrazone groups is 1. The number of amides is 1. The van der Waals surface area contributed by atoms with Gasteiger partial charge in [0.05, 0.1) is 12.0 Å². The number of carbonyl (C=O) groups excluding carboxylic acids is 1. The molecular formula is C14H13ClN2O2. The molecule has 0 spiro atoms. The van der Waals surface area contributed by atoms with Crippen LogP contribution in [0.5, 0.6) is 0 Å². The lowest BCUT2D eigenvalue weighted by Gasteiger charge is -2.04. The highest BCUT2D eigenvalue weighted by molar-refractivity contribution is 6.30. The van der Waals surface area contributed by atoms with Crippen LogP contribution in [0.25, 0.3) is 0 Å². The fraction of sp³-hybridized carbons (Fsp3) is 0.143. The molecule has 0 aliphatic carbocycles. The summed E-state index contributed by atoms with van der Waals surface area (Å²) >= 11 is 5.83. The van der Waals surface area contributed by atoms with Crippen LogP contribution in [-0.4, -0.2) is 11.6 Å². The molecule has 1 amide bonds. The first-order valence-corrected chi connectivity index (χ1v) is 6.25. The van der Waals surface area contributed by atoms with E-state index in [0.29, 0.717) is 11.4 Å². The molecule has 0 aliphatic rings. The fourth-order valence-corrected chi connectivity index (χ4v) is 1.70. The van der Waals surface area contributed by atoms with Crippen molar-refractivity contribution in [2.75, 3.05) is 0 Å². The number of carbonyl (C=O) groups is 1. The Morgan fingerprint density at radius 3 is 2.63 bits per heavy atom. The van der Waals surface area contributed by atoms with Crippen molar-refractivity contribution in [1.29, 1.82) is 0 Å².